The van der Waals surface area contributed by atoms with Crippen LogP contribution in [-0.2, 0) is 6.42 Å². The molecule has 0 aliphatic carbocycles. The predicted octanol–water partition coefficient (Wildman–Crippen LogP) is 3.41. The smallest absolute Gasteiger partial charge is 0.119 e. The third-order valence-electron chi connectivity index (χ3n) is 2.41. The fourth-order valence-corrected chi connectivity index (χ4v) is 2.20. The van der Waals surface area contributed by atoms with Crippen LogP contribution in [0.4, 0.5) is 5.69 Å². The van der Waals surface area contributed by atoms with E-state index in [1.807, 2.05) is 24.3 Å². The molecule has 16 heavy (non-hydrogen) atoms. The number of thiophene rings is 1. The Labute approximate surface area is 99.9 Å². The van der Waals surface area contributed by atoms with Gasteiger partial charge in [0.1, 0.15) is 5.75 Å². The second-order valence-electron chi connectivity index (χ2n) is 3.54. The molecule has 2 rings (SSSR count). The Kier molecular flexibility index (Phi) is 3.83. The Bertz CT molecular complexity index is 408. The first-order chi connectivity index (χ1) is 7.88. The number of ether oxygens (including phenoxy) is 1. The molecule has 1 aromatic carbocycles. The molecule has 0 spiro atoms. The van der Waals surface area contributed by atoms with Crippen molar-refractivity contribution in [3.05, 3.63) is 46.7 Å². The van der Waals surface area contributed by atoms with Crippen molar-refractivity contribution in [2.75, 3.05) is 19.0 Å². The Morgan fingerprint density at radius 1 is 1.19 bits per heavy atom. The first-order valence-corrected chi connectivity index (χ1v) is 6.22. The number of methoxy groups -OCH3 is 1. The quantitative estimate of drug-likeness (QED) is 0.854. The highest BCUT2D eigenvalue weighted by Crippen LogP contribution is 2.15. The van der Waals surface area contributed by atoms with E-state index in [4.69, 9.17) is 4.74 Å². The van der Waals surface area contributed by atoms with Crippen molar-refractivity contribution in [2.24, 2.45) is 0 Å². The molecule has 3 heteroatoms. The van der Waals surface area contributed by atoms with Crippen molar-refractivity contribution >= 4 is 17.0 Å². The maximum absolute atomic E-state index is 5.11. The summed E-state index contributed by atoms with van der Waals surface area (Å²) in [5.41, 5.74) is 2.53. The van der Waals surface area contributed by atoms with Gasteiger partial charge >= 0.3 is 0 Å². The van der Waals surface area contributed by atoms with Crippen LogP contribution in [0.25, 0.3) is 0 Å². The molecule has 0 radical (unpaired) electrons. The van der Waals surface area contributed by atoms with Crippen molar-refractivity contribution in [3.8, 4) is 5.75 Å². The summed E-state index contributed by atoms with van der Waals surface area (Å²) in [4.78, 5) is 0. The summed E-state index contributed by atoms with van der Waals surface area (Å²) < 4.78 is 5.11. The van der Waals surface area contributed by atoms with E-state index in [1.54, 1.807) is 18.4 Å². The molecule has 0 unspecified atom stereocenters. The van der Waals surface area contributed by atoms with Crippen LogP contribution in [0, 0.1) is 0 Å². The zero-order valence-corrected chi connectivity index (χ0v) is 10.1. The average Bonchev–Trinajstić information content (AvgIpc) is 2.83. The molecule has 1 N–H and O–H groups in total. The Balaban J connectivity index is 1.81. The fourth-order valence-electron chi connectivity index (χ4n) is 1.49. The van der Waals surface area contributed by atoms with Crippen LogP contribution in [0.15, 0.2) is 41.1 Å². The highest BCUT2D eigenvalue weighted by Gasteiger charge is 1.95. The summed E-state index contributed by atoms with van der Waals surface area (Å²) in [7, 11) is 1.68. The molecule has 2 aromatic rings. The standard InChI is InChI=1S/C13H15NOS/c1-15-13-4-2-12(3-5-13)14-8-6-11-7-9-16-10-11/h2-5,7,9-10,14H,6,8H2,1H3. The van der Waals surface area contributed by atoms with Gasteiger partial charge in [-0.3, -0.25) is 0 Å². The predicted molar refractivity (Wildman–Crippen MR) is 69.5 cm³/mol. The number of benzene rings is 1. The van der Waals surface area contributed by atoms with E-state index in [1.165, 1.54) is 5.56 Å². The summed E-state index contributed by atoms with van der Waals surface area (Å²) in [6, 6.07) is 10.2. The van der Waals surface area contributed by atoms with Gasteiger partial charge in [-0.1, -0.05) is 0 Å². The Morgan fingerprint density at radius 3 is 2.62 bits per heavy atom. The van der Waals surface area contributed by atoms with Gasteiger partial charge in [0, 0.05) is 12.2 Å². The van der Waals surface area contributed by atoms with E-state index >= 15 is 0 Å². The van der Waals surface area contributed by atoms with E-state index in [9.17, 15) is 0 Å². The lowest BCUT2D eigenvalue weighted by atomic mass is 10.2. The third-order valence-corrected chi connectivity index (χ3v) is 3.14. The van der Waals surface area contributed by atoms with Crippen molar-refractivity contribution < 1.29 is 4.74 Å². The Hall–Kier alpha value is -1.48. The minimum absolute atomic E-state index is 0.892. The van der Waals surface area contributed by atoms with Gasteiger partial charge in [0.2, 0.25) is 0 Å². The molecule has 2 nitrogen and oxygen atoms in total. The lowest BCUT2D eigenvalue weighted by Gasteiger charge is -2.06. The molecule has 0 atom stereocenters. The van der Waals surface area contributed by atoms with Gasteiger partial charge in [0.25, 0.3) is 0 Å². The average molecular weight is 233 g/mol. The number of nitrogens with one attached hydrogen (secondary N) is 1. The van der Waals surface area contributed by atoms with Crippen LogP contribution < -0.4 is 10.1 Å². The van der Waals surface area contributed by atoms with Crippen LogP contribution in [-0.4, -0.2) is 13.7 Å². The molecule has 0 aliphatic rings. The summed E-state index contributed by atoms with van der Waals surface area (Å²) in [6.07, 6.45) is 1.07. The zero-order valence-electron chi connectivity index (χ0n) is 9.27. The van der Waals surface area contributed by atoms with Crippen LogP contribution in [0.3, 0.4) is 0 Å². The molecule has 0 aliphatic heterocycles. The van der Waals surface area contributed by atoms with Crippen LogP contribution in [0.1, 0.15) is 5.56 Å². The summed E-state index contributed by atoms with van der Waals surface area (Å²) in [5, 5.41) is 7.69. The molecule has 0 saturated heterocycles. The van der Waals surface area contributed by atoms with E-state index < -0.39 is 0 Å². The Morgan fingerprint density at radius 2 is 2.00 bits per heavy atom. The first kappa shape index (κ1) is 11.0. The third kappa shape index (κ3) is 3.00. The lowest BCUT2D eigenvalue weighted by Crippen LogP contribution is -2.03. The fraction of sp³-hybridized carbons (Fsp3) is 0.231. The monoisotopic (exact) mass is 233 g/mol. The molecular weight excluding hydrogens is 218 g/mol. The molecular formula is C13H15NOS. The molecule has 1 aromatic heterocycles. The number of hydrogen-bond donors (Lipinski definition) is 1. The zero-order chi connectivity index (χ0) is 11.2. The molecule has 0 bridgehead atoms. The van der Waals surface area contributed by atoms with E-state index in [2.05, 4.69) is 22.1 Å². The summed E-state index contributed by atoms with van der Waals surface area (Å²) in [5.74, 6) is 0.892. The molecule has 0 fully saturated rings. The second-order valence-corrected chi connectivity index (χ2v) is 4.32. The van der Waals surface area contributed by atoms with Gasteiger partial charge in [0.15, 0.2) is 0 Å². The van der Waals surface area contributed by atoms with Gasteiger partial charge in [-0.25, -0.2) is 0 Å². The summed E-state index contributed by atoms with van der Waals surface area (Å²) in [6.45, 7) is 0.961. The van der Waals surface area contributed by atoms with E-state index in [-0.39, 0.29) is 0 Å². The number of anilines is 1. The number of hydrogen-bond acceptors (Lipinski definition) is 3. The van der Waals surface area contributed by atoms with Crippen molar-refractivity contribution in [2.45, 2.75) is 6.42 Å². The SMILES string of the molecule is COc1ccc(NCCc2ccsc2)cc1. The van der Waals surface area contributed by atoms with E-state index in [0.717, 1.165) is 24.4 Å². The molecule has 0 saturated carbocycles. The van der Waals surface area contributed by atoms with Crippen molar-refractivity contribution in [3.63, 3.8) is 0 Å². The van der Waals surface area contributed by atoms with Gasteiger partial charge < -0.3 is 10.1 Å². The molecule has 1 heterocycles. The minimum atomic E-state index is 0.892. The van der Waals surface area contributed by atoms with Gasteiger partial charge in [-0.2, -0.15) is 11.3 Å². The van der Waals surface area contributed by atoms with Crippen LogP contribution >= 0.6 is 11.3 Å². The highest BCUT2D eigenvalue weighted by atomic mass is 32.1. The maximum Gasteiger partial charge on any atom is 0.119 e. The van der Waals surface area contributed by atoms with Crippen molar-refractivity contribution in [1.82, 2.24) is 0 Å². The second kappa shape index (κ2) is 5.56. The number of rotatable bonds is 5. The van der Waals surface area contributed by atoms with E-state index in [0.29, 0.717) is 0 Å². The topological polar surface area (TPSA) is 21.3 Å². The summed E-state index contributed by atoms with van der Waals surface area (Å²) >= 11 is 1.75. The molecule has 0 amide bonds. The minimum Gasteiger partial charge on any atom is -0.497 e. The normalized spacial score (nSPS) is 10.1. The van der Waals surface area contributed by atoms with Crippen molar-refractivity contribution in [1.29, 1.82) is 0 Å². The maximum atomic E-state index is 5.11. The van der Waals surface area contributed by atoms with Crippen LogP contribution in [0.5, 0.6) is 5.75 Å². The van der Waals surface area contributed by atoms with Gasteiger partial charge in [-0.15, -0.1) is 0 Å². The van der Waals surface area contributed by atoms with Crippen LogP contribution in [0.2, 0.25) is 0 Å². The van der Waals surface area contributed by atoms with Gasteiger partial charge in [-0.05, 0) is 53.1 Å². The highest BCUT2D eigenvalue weighted by molar-refractivity contribution is 7.07. The lowest BCUT2D eigenvalue weighted by molar-refractivity contribution is 0.415. The molecule has 84 valence electrons. The first-order valence-electron chi connectivity index (χ1n) is 5.27. The largest absolute Gasteiger partial charge is 0.497 e. The van der Waals surface area contributed by atoms with Gasteiger partial charge in [0.05, 0.1) is 7.11 Å².